The lowest BCUT2D eigenvalue weighted by atomic mass is 10.00. The van der Waals surface area contributed by atoms with Crippen molar-refractivity contribution in [3.63, 3.8) is 0 Å². The van der Waals surface area contributed by atoms with Gasteiger partial charge in [-0.3, -0.25) is 0 Å². The number of carbonyl (C=O) groups is 1. The molecule has 1 fully saturated rings. The smallest absolute Gasteiger partial charge is 0.490 e. The Kier molecular flexibility index (Phi) is 8.66. The van der Waals surface area contributed by atoms with Crippen LogP contribution in [0.2, 0.25) is 5.02 Å². The number of methoxy groups -OCH3 is 1. The number of carboxylic acids is 1. The van der Waals surface area contributed by atoms with Crippen LogP contribution >= 0.6 is 11.6 Å². The number of hydrogen-bond acceptors (Lipinski definition) is 8. The molecule has 0 atom stereocenters. The van der Waals surface area contributed by atoms with Crippen molar-refractivity contribution in [2.45, 2.75) is 19.0 Å². The SMILES string of the molecule is COc1cc(N2CCN(C)CC2)c2cc1Nc1ncc(Cl)c(n1)Nc1cccc(c1)CC2.O=C(O)C(F)(F)F. The van der Waals surface area contributed by atoms with E-state index in [1.807, 2.05) is 6.07 Å². The lowest BCUT2D eigenvalue weighted by Gasteiger charge is -2.35. The van der Waals surface area contributed by atoms with Crippen molar-refractivity contribution in [2.24, 2.45) is 0 Å². The molecule has 0 unspecified atom stereocenters. The number of likely N-dealkylation sites (N-methyl/N-ethyl adjacent to an activating group) is 1. The molecule has 3 N–H and O–H groups in total. The quantitative estimate of drug-likeness (QED) is 0.392. The lowest BCUT2D eigenvalue weighted by Crippen LogP contribution is -2.44. The number of aliphatic carboxylic acids is 1. The van der Waals surface area contributed by atoms with Crippen LogP contribution in [0.15, 0.2) is 42.6 Å². The Morgan fingerprint density at radius 1 is 1.10 bits per heavy atom. The summed E-state index contributed by atoms with van der Waals surface area (Å²) in [6.45, 7) is 4.11. The van der Waals surface area contributed by atoms with Crippen molar-refractivity contribution in [1.82, 2.24) is 14.9 Å². The number of ether oxygens (including phenoxy) is 1. The Labute approximate surface area is 228 Å². The predicted octanol–water partition coefficient (Wildman–Crippen LogP) is 5.11. The van der Waals surface area contributed by atoms with E-state index in [9.17, 15) is 13.2 Å². The first-order valence-corrected chi connectivity index (χ1v) is 12.5. The van der Waals surface area contributed by atoms with Gasteiger partial charge in [0.2, 0.25) is 5.95 Å². The molecule has 2 aliphatic rings. The van der Waals surface area contributed by atoms with E-state index in [2.05, 4.69) is 67.8 Å². The fourth-order valence-corrected chi connectivity index (χ4v) is 4.42. The number of carboxylic acid groups (broad SMARTS) is 1. The van der Waals surface area contributed by atoms with Crippen LogP contribution in [0, 0.1) is 0 Å². The minimum atomic E-state index is -5.08. The fraction of sp³-hybridized carbons (Fsp3) is 0.346. The Bertz CT molecular complexity index is 1330. The third kappa shape index (κ3) is 7.21. The van der Waals surface area contributed by atoms with E-state index in [0.29, 0.717) is 16.8 Å². The second kappa shape index (κ2) is 12.0. The maximum Gasteiger partial charge on any atom is 0.490 e. The molecule has 1 aromatic heterocycles. The zero-order chi connectivity index (χ0) is 28.2. The Morgan fingerprint density at radius 3 is 2.49 bits per heavy atom. The van der Waals surface area contributed by atoms with Crippen LogP contribution < -0.4 is 20.3 Å². The maximum absolute atomic E-state index is 10.6. The van der Waals surface area contributed by atoms with Gasteiger partial charge in [0.05, 0.1) is 19.0 Å². The summed E-state index contributed by atoms with van der Waals surface area (Å²) < 4.78 is 37.5. The minimum absolute atomic E-state index is 0.462. The van der Waals surface area contributed by atoms with Gasteiger partial charge in [-0.2, -0.15) is 18.2 Å². The molecule has 2 aromatic carbocycles. The standard InChI is InChI=1S/C24H27ClN6O.C2HF3O2/c1-30-8-10-31(11-9-30)21-14-22(32-2)20-13-17(21)7-6-16-4-3-5-18(12-16)27-23-19(25)15-26-24(28-20)29-23;3-2(4,5)1(6)7/h3-5,12-15H,6-11H2,1-2H3,(H2,26,27,28,29);(H,6,7). The van der Waals surface area contributed by atoms with Crippen molar-refractivity contribution in [2.75, 3.05) is 55.9 Å². The normalized spacial score (nSPS) is 15.3. The van der Waals surface area contributed by atoms with E-state index < -0.39 is 12.1 Å². The molecule has 13 heteroatoms. The molecular formula is C26H28ClF3N6O3. The van der Waals surface area contributed by atoms with E-state index in [0.717, 1.165) is 56.1 Å². The molecule has 39 heavy (non-hydrogen) atoms. The van der Waals surface area contributed by atoms with E-state index in [1.54, 1.807) is 13.3 Å². The summed E-state index contributed by atoms with van der Waals surface area (Å²) in [4.78, 5) is 22.7. The van der Waals surface area contributed by atoms with Gasteiger partial charge in [0.1, 0.15) is 10.8 Å². The van der Waals surface area contributed by atoms with Crippen molar-refractivity contribution < 1.29 is 27.8 Å². The highest BCUT2D eigenvalue weighted by molar-refractivity contribution is 6.32. The Morgan fingerprint density at radius 2 is 1.82 bits per heavy atom. The maximum atomic E-state index is 10.6. The second-order valence-electron chi connectivity index (χ2n) is 9.11. The molecule has 0 radical (unpaired) electrons. The third-order valence-electron chi connectivity index (χ3n) is 6.35. The monoisotopic (exact) mass is 564 g/mol. The van der Waals surface area contributed by atoms with Gasteiger partial charge >= 0.3 is 12.1 Å². The highest BCUT2D eigenvalue weighted by Gasteiger charge is 2.38. The summed E-state index contributed by atoms with van der Waals surface area (Å²) >= 11 is 6.36. The van der Waals surface area contributed by atoms with Crippen molar-refractivity contribution >= 4 is 46.4 Å². The van der Waals surface area contributed by atoms with Gasteiger partial charge < -0.3 is 30.3 Å². The number of fused-ring (bicyclic) bond motifs is 6. The van der Waals surface area contributed by atoms with Gasteiger partial charge in [-0.15, -0.1) is 0 Å². The summed E-state index contributed by atoms with van der Waals surface area (Å²) in [6.07, 6.45) is -1.63. The second-order valence-corrected chi connectivity index (χ2v) is 9.52. The zero-order valence-corrected chi connectivity index (χ0v) is 22.1. The number of hydrogen-bond donors (Lipinski definition) is 3. The molecule has 3 aromatic rings. The molecule has 9 nitrogen and oxygen atoms in total. The van der Waals surface area contributed by atoms with Crippen LogP contribution in [0.3, 0.4) is 0 Å². The first-order valence-electron chi connectivity index (χ1n) is 12.1. The molecular weight excluding hydrogens is 537 g/mol. The summed E-state index contributed by atoms with van der Waals surface area (Å²) in [5.74, 6) is -0.962. The van der Waals surface area contributed by atoms with Gasteiger partial charge in [0, 0.05) is 43.6 Å². The van der Waals surface area contributed by atoms with E-state index in [4.69, 9.17) is 26.2 Å². The zero-order valence-electron chi connectivity index (χ0n) is 21.3. The van der Waals surface area contributed by atoms with Gasteiger partial charge in [-0.25, -0.2) is 9.78 Å². The number of anilines is 5. The van der Waals surface area contributed by atoms with E-state index in [-0.39, 0.29) is 0 Å². The number of alkyl halides is 3. The number of aryl methyl sites for hydroxylation is 2. The Balaban J connectivity index is 0.000000448. The molecule has 1 saturated heterocycles. The average Bonchev–Trinajstić information content (AvgIpc) is 2.90. The first-order chi connectivity index (χ1) is 18.5. The van der Waals surface area contributed by atoms with Crippen LogP contribution in [0.5, 0.6) is 5.75 Å². The topological polar surface area (TPSA) is 103 Å². The molecule has 0 saturated carbocycles. The summed E-state index contributed by atoms with van der Waals surface area (Å²) in [5.41, 5.74) is 5.58. The van der Waals surface area contributed by atoms with E-state index in [1.165, 1.54) is 16.8 Å². The largest absolute Gasteiger partial charge is 0.494 e. The summed E-state index contributed by atoms with van der Waals surface area (Å²) in [5, 5.41) is 14.3. The molecule has 208 valence electrons. The molecule has 0 amide bonds. The highest BCUT2D eigenvalue weighted by Crippen LogP contribution is 2.37. The number of rotatable bonds is 2. The van der Waals surface area contributed by atoms with Crippen molar-refractivity contribution in [3.8, 4) is 5.75 Å². The van der Waals surface area contributed by atoms with Gasteiger partial charge in [-0.05, 0) is 49.2 Å². The number of nitrogens with zero attached hydrogens (tertiary/aromatic N) is 4. The first kappa shape index (κ1) is 28.2. The molecule has 6 bridgehead atoms. The fourth-order valence-electron chi connectivity index (χ4n) is 4.28. The molecule has 2 aliphatic heterocycles. The van der Waals surface area contributed by atoms with Gasteiger partial charge in [0.15, 0.2) is 5.82 Å². The summed E-state index contributed by atoms with van der Waals surface area (Å²) in [6, 6.07) is 12.7. The molecule has 5 rings (SSSR count). The van der Waals surface area contributed by atoms with Gasteiger partial charge in [-0.1, -0.05) is 23.7 Å². The predicted molar refractivity (Wildman–Crippen MR) is 144 cm³/mol. The molecule has 0 aliphatic carbocycles. The summed E-state index contributed by atoms with van der Waals surface area (Å²) in [7, 11) is 3.87. The van der Waals surface area contributed by atoms with Crippen LogP contribution in [-0.4, -0.2) is 72.5 Å². The van der Waals surface area contributed by atoms with E-state index >= 15 is 0 Å². The van der Waals surface area contributed by atoms with Crippen LogP contribution in [0.1, 0.15) is 11.1 Å². The number of halogens is 4. The molecule has 3 heterocycles. The average molecular weight is 565 g/mol. The highest BCUT2D eigenvalue weighted by atomic mass is 35.5. The number of benzene rings is 2. The number of piperazine rings is 1. The van der Waals surface area contributed by atoms with Crippen LogP contribution in [0.25, 0.3) is 0 Å². The van der Waals surface area contributed by atoms with Crippen LogP contribution in [0.4, 0.5) is 42.0 Å². The Hall–Kier alpha value is -3.77. The van der Waals surface area contributed by atoms with Crippen molar-refractivity contribution in [3.05, 3.63) is 58.7 Å². The third-order valence-corrected chi connectivity index (χ3v) is 6.63. The molecule has 0 spiro atoms. The number of aromatic nitrogens is 2. The lowest BCUT2D eigenvalue weighted by molar-refractivity contribution is -0.192. The van der Waals surface area contributed by atoms with Crippen LogP contribution in [-0.2, 0) is 17.6 Å². The van der Waals surface area contributed by atoms with Crippen molar-refractivity contribution in [1.29, 1.82) is 0 Å². The van der Waals surface area contributed by atoms with Gasteiger partial charge in [0.25, 0.3) is 0 Å². The minimum Gasteiger partial charge on any atom is -0.494 e. The number of nitrogens with one attached hydrogen (secondary N) is 2.